The van der Waals surface area contributed by atoms with Gasteiger partial charge in [0.15, 0.2) is 0 Å². The molecule has 2 aliphatic rings. The maximum absolute atomic E-state index is 11.4. The zero-order valence-corrected chi connectivity index (χ0v) is 12.5. The van der Waals surface area contributed by atoms with Crippen LogP contribution >= 0.6 is 0 Å². The Morgan fingerprint density at radius 3 is 2.95 bits per heavy atom. The van der Waals surface area contributed by atoms with Gasteiger partial charge in [0.2, 0.25) is 11.9 Å². The minimum atomic E-state index is -0.00842. The van der Waals surface area contributed by atoms with Crippen molar-refractivity contribution in [2.24, 2.45) is 4.99 Å². The van der Waals surface area contributed by atoms with Crippen LogP contribution in [0.1, 0.15) is 31.2 Å². The topological polar surface area (TPSA) is 74.2 Å². The number of hydrogen-bond acceptors (Lipinski definition) is 5. The molecule has 6 nitrogen and oxygen atoms in total. The summed E-state index contributed by atoms with van der Waals surface area (Å²) >= 11 is 0. The summed E-state index contributed by atoms with van der Waals surface area (Å²) in [7, 11) is 0. The van der Waals surface area contributed by atoms with Gasteiger partial charge in [0.25, 0.3) is 0 Å². The van der Waals surface area contributed by atoms with Gasteiger partial charge in [-0.15, -0.1) is 0 Å². The number of benzene rings is 1. The molecule has 0 spiro atoms. The van der Waals surface area contributed by atoms with Crippen LogP contribution in [0.25, 0.3) is 0 Å². The molecule has 1 amide bonds. The van der Waals surface area contributed by atoms with E-state index in [0.29, 0.717) is 25.7 Å². The molecule has 118 valence electrons. The standard InChI is InChI=1S/C16H21N3O3/c20-7-3-1-2-4-8-22-13-5-6-14-12(9-13)10-19-11-15(21)18-16(19)17-14/h5-6,9,20H,1-4,7-8,10-11H2,(H,17,18,21). The van der Waals surface area contributed by atoms with Crippen LogP contribution in [0.5, 0.6) is 5.75 Å². The maximum atomic E-state index is 11.4. The van der Waals surface area contributed by atoms with Gasteiger partial charge in [-0.2, -0.15) is 0 Å². The number of guanidine groups is 1. The molecule has 1 saturated heterocycles. The van der Waals surface area contributed by atoms with Crippen LogP contribution in [0.15, 0.2) is 23.2 Å². The Bertz CT molecular complexity index is 586. The summed E-state index contributed by atoms with van der Waals surface area (Å²) in [4.78, 5) is 17.8. The fourth-order valence-corrected chi connectivity index (χ4v) is 2.69. The van der Waals surface area contributed by atoms with Crippen LogP contribution in [0, 0.1) is 0 Å². The van der Waals surface area contributed by atoms with E-state index in [2.05, 4.69) is 10.3 Å². The van der Waals surface area contributed by atoms with Gasteiger partial charge in [-0.05, 0) is 37.5 Å². The highest BCUT2D eigenvalue weighted by Gasteiger charge is 2.29. The number of rotatable bonds is 7. The zero-order valence-electron chi connectivity index (χ0n) is 12.5. The fourth-order valence-electron chi connectivity index (χ4n) is 2.69. The van der Waals surface area contributed by atoms with E-state index in [-0.39, 0.29) is 12.5 Å². The summed E-state index contributed by atoms with van der Waals surface area (Å²) in [6.07, 6.45) is 3.96. The molecule has 1 aromatic rings. The van der Waals surface area contributed by atoms with Crippen LogP contribution in [0.2, 0.25) is 0 Å². The van der Waals surface area contributed by atoms with Crippen molar-refractivity contribution in [2.75, 3.05) is 19.8 Å². The number of aliphatic hydroxyl groups excluding tert-OH is 1. The Hall–Kier alpha value is -2.08. The second-order valence-electron chi connectivity index (χ2n) is 5.62. The number of aliphatic hydroxyl groups is 1. The van der Waals surface area contributed by atoms with E-state index in [1.54, 1.807) is 0 Å². The molecule has 0 bridgehead atoms. The second kappa shape index (κ2) is 6.79. The summed E-state index contributed by atoms with van der Waals surface area (Å²) in [5, 5.41) is 11.5. The molecule has 3 rings (SSSR count). The summed E-state index contributed by atoms with van der Waals surface area (Å²) in [6, 6.07) is 5.86. The van der Waals surface area contributed by atoms with E-state index >= 15 is 0 Å². The smallest absolute Gasteiger partial charge is 0.246 e. The number of hydrogen-bond donors (Lipinski definition) is 2. The van der Waals surface area contributed by atoms with E-state index in [9.17, 15) is 4.79 Å². The largest absolute Gasteiger partial charge is 0.494 e. The van der Waals surface area contributed by atoms with Gasteiger partial charge in [-0.25, -0.2) is 4.99 Å². The molecule has 2 N–H and O–H groups in total. The van der Waals surface area contributed by atoms with E-state index in [4.69, 9.17) is 9.84 Å². The van der Waals surface area contributed by atoms with Crippen molar-refractivity contribution in [1.82, 2.24) is 10.2 Å². The van der Waals surface area contributed by atoms with Gasteiger partial charge in [0.1, 0.15) is 12.3 Å². The molecule has 0 unspecified atom stereocenters. The summed E-state index contributed by atoms with van der Waals surface area (Å²) < 4.78 is 5.77. The third kappa shape index (κ3) is 3.39. The molecule has 2 heterocycles. The van der Waals surface area contributed by atoms with Crippen LogP contribution in [0.3, 0.4) is 0 Å². The first kappa shape index (κ1) is 14.8. The lowest BCUT2D eigenvalue weighted by Gasteiger charge is -2.23. The number of nitrogens with zero attached hydrogens (tertiary/aromatic N) is 2. The number of carbonyl (C=O) groups excluding carboxylic acids is 1. The van der Waals surface area contributed by atoms with Gasteiger partial charge in [-0.3, -0.25) is 10.1 Å². The van der Waals surface area contributed by atoms with Gasteiger partial charge in [0.05, 0.1) is 12.3 Å². The summed E-state index contributed by atoms with van der Waals surface area (Å²) in [5.41, 5.74) is 1.97. The van der Waals surface area contributed by atoms with Crippen LogP contribution in [-0.4, -0.2) is 41.6 Å². The van der Waals surface area contributed by atoms with Gasteiger partial charge >= 0.3 is 0 Å². The lowest BCUT2D eigenvalue weighted by atomic mass is 10.1. The number of ether oxygens (including phenoxy) is 1. The van der Waals surface area contributed by atoms with E-state index < -0.39 is 0 Å². The summed E-state index contributed by atoms with van der Waals surface area (Å²) in [5.74, 6) is 1.49. The third-order valence-electron chi connectivity index (χ3n) is 3.84. The number of aliphatic imine (C=N–C) groups is 1. The lowest BCUT2D eigenvalue weighted by Crippen LogP contribution is -2.31. The molecular weight excluding hydrogens is 282 g/mol. The SMILES string of the molecule is O=C1CN2Cc3cc(OCCCCCCO)ccc3N=C2N1. The average Bonchev–Trinajstić information content (AvgIpc) is 2.87. The Labute approximate surface area is 129 Å². The summed E-state index contributed by atoms with van der Waals surface area (Å²) in [6.45, 7) is 2.00. The van der Waals surface area contributed by atoms with Gasteiger partial charge in [0, 0.05) is 18.7 Å². The molecule has 0 radical (unpaired) electrons. The zero-order chi connectivity index (χ0) is 15.4. The van der Waals surface area contributed by atoms with Crippen molar-refractivity contribution in [2.45, 2.75) is 32.2 Å². The number of nitrogens with one attached hydrogen (secondary N) is 1. The maximum Gasteiger partial charge on any atom is 0.246 e. The first-order valence-corrected chi connectivity index (χ1v) is 7.76. The molecule has 1 aromatic carbocycles. The highest BCUT2D eigenvalue weighted by molar-refractivity contribution is 6.05. The molecule has 0 atom stereocenters. The third-order valence-corrected chi connectivity index (χ3v) is 3.84. The molecule has 22 heavy (non-hydrogen) atoms. The average molecular weight is 303 g/mol. The van der Waals surface area contributed by atoms with Crippen LogP contribution in [0.4, 0.5) is 5.69 Å². The predicted octanol–water partition coefficient (Wildman–Crippen LogP) is 1.55. The van der Waals surface area contributed by atoms with Gasteiger partial charge in [-0.1, -0.05) is 6.42 Å². The van der Waals surface area contributed by atoms with Crippen molar-refractivity contribution in [3.8, 4) is 5.75 Å². The first-order valence-electron chi connectivity index (χ1n) is 7.76. The predicted molar refractivity (Wildman–Crippen MR) is 83.1 cm³/mol. The Kier molecular flexibility index (Phi) is 4.58. The Morgan fingerprint density at radius 2 is 2.09 bits per heavy atom. The molecule has 0 aliphatic carbocycles. The van der Waals surface area contributed by atoms with Crippen LogP contribution in [-0.2, 0) is 11.3 Å². The number of amides is 1. The quantitative estimate of drug-likeness (QED) is 0.750. The molecule has 2 aliphatic heterocycles. The molecular formula is C16H21N3O3. The minimum absolute atomic E-state index is 0.00842. The fraction of sp³-hybridized carbons (Fsp3) is 0.500. The van der Waals surface area contributed by atoms with Gasteiger partial charge < -0.3 is 14.7 Å². The van der Waals surface area contributed by atoms with Crippen molar-refractivity contribution in [3.63, 3.8) is 0 Å². The van der Waals surface area contributed by atoms with Crippen molar-refractivity contribution >= 4 is 17.6 Å². The highest BCUT2D eigenvalue weighted by Crippen LogP contribution is 2.30. The van der Waals surface area contributed by atoms with E-state index in [1.165, 1.54) is 0 Å². The van der Waals surface area contributed by atoms with E-state index in [0.717, 1.165) is 42.7 Å². The minimum Gasteiger partial charge on any atom is -0.494 e. The number of fused-ring (bicyclic) bond motifs is 2. The molecule has 0 aromatic heterocycles. The molecule has 1 fully saturated rings. The van der Waals surface area contributed by atoms with Crippen molar-refractivity contribution in [1.29, 1.82) is 0 Å². The molecule has 0 saturated carbocycles. The monoisotopic (exact) mass is 303 g/mol. The van der Waals surface area contributed by atoms with Crippen LogP contribution < -0.4 is 10.1 Å². The lowest BCUT2D eigenvalue weighted by molar-refractivity contribution is -0.118. The number of unbranched alkanes of at least 4 members (excludes halogenated alkanes) is 3. The van der Waals surface area contributed by atoms with E-state index in [1.807, 2.05) is 23.1 Å². The first-order chi connectivity index (χ1) is 10.8. The second-order valence-corrected chi connectivity index (χ2v) is 5.62. The Morgan fingerprint density at radius 1 is 1.23 bits per heavy atom. The van der Waals surface area contributed by atoms with Crippen molar-refractivity contribution < 1.29 is 14.6 Å². The number of carbonyl (C=O) groups is 1. The Balaban J connectivity index is 1.55. The highest BCUT2D eigenvalue weighted by atomic mass is 16.5. The molecule has 6 heteroatoms. The van der Waals surface area contributed by atoms with Crippen molar-refractivity contribution in [3.05, 3.63) is 23.8 Å². The normalized spacial score (nSPS) is 16.0.